The number of anilines is 1. The van der Waals surface area contributed by atoms with Gasteiger partial charge >= 0.3 is 0 Å². The van der Waals surface area contributed by atoms with Gasteiger partial charge in [0.1, 0.15) is 0 Å². The first-order chi connectivity index (χ1) is 18.3. The van der Waals surface area contributed by atoms with Crippen molar-refractivity contribution in [3.8, 4) is 5.69 Å². The third-order valence-corrected chi connectivity index (χ3v) is 7.67. The summed E-state index contributed by atoms with van der Waals surface area (Å²) in [4.78, 5) is 19.7. The van der Waals surface area contributed by atoms with Gasteiger partial charge in [-0.2, -0.15) is 0 Å². The molecule has 2 atom stereocenters. The predicted octanol–water partition coefficient (Wildman–Crippen LogP) is 6.45. The molecule has 0 unspecified atom stereocenters. The molecule has 1 saturated heterocycles. The highest BCUT2D eigenvalue weighted by atomic mass is 35.5. The molecular weight excluding hydrogens is 514 g/mol. The first-order valence-corrected chi connectivity index (χ1v) is 13.4. The molecule has 3 heterocycles. The van der Waals surface area contributed by atoms with Gasteiger partial charge < -0.3 is 20.1 Å². The Hall–Kier alpha value is -3.68. The molecule has 0 bridgehead atoms. The number of hydrogen-bond donors (Lipinski definition) is 2. The molecule has 1 aliphatic heterocycles. The van der Waals surface area contributed by atoms with Crippen LogP contribution in [-0.4, -0.2) is 32.0 Å². The highest BCUT2D eigenvalue weighted by molar-refractivity contribution is 7.80. The molecule has 0 spiro atoms. The summed E-state index contributed by atoms with van der Waals surface area (Å²) < 4.78 is 2.23. The monoisotopic (exact) mass is 543 g/mol. The summed E-state index contributed by atoms with van der Waals surface area (Å²) in [6.07, 6.45) is 2.10. The number of thiocarbonyl (C=S) groups is 1. The maximum atomic E-state index is 12.9. The number of nitrogens with zero attached hydrogens (tertiary/aromatic N) is 3. The number of carbonyl (C=O) groups is 1. The van der Waals surface area contributed by atoms with E-state index < -0.39 is 0 Å². The summed E-state index contributed by atoms with van der Waals surface area (Å²) in [7, 11) is 0. The van der Waals surface area contributed by atoms with E-state index in [0.717, 1.165) is 39.6 Å². The van der Waals surface area contributed by atoms with E-state index >= 15 is 0 Å². The largest absolute Gasteiger partial charge is 0.352 e. The van der Waals surface area contributed by atoms with Crippen molar-refractivity contribution in [1.82, 2.24) is 19.8 Å². The van der Waals surface area contributed by atoms with E-state index in [1.807, 2.05) is 73.7 Å². The molecule has 194 valence electrons. The van der Waals surface area contributed by atoms with Crippen molar-refractivity contribution in [2.75, 3.05) is 11.9 Å². The molecule has 2 N–H and O–H groups in total. The molecule has 1 amide bonds. The van der Waals surface area contributed by atoms with Crippen LogP contribution in [0.25, 0.3) is 5.69 Å². The second-order valence-electron chi connectivity index (χ2n) is 9.57. The number of benzene rings is 2. The van der Waals surface area contributed by atoms with E-state index in [1.54, 1.807) is 6.20 Å². The van der Waals surface area contributed by atoms with E-state index in [1.165, 1.54) is 0 Å². The lowest BCUT2D eigenvalue weighted by Gasteiger charge is -2.28. The minimum Gasteiger partial charge on any atom is -0.352 e. The molecule has 1 aliphatic rings. The van der Waals surface area contributed by atoms with Crippen LogP contribution < -0.4 is 10.6 Å². The average molecular weight is 544 g/mol. The van der Waals surface area contributed by atoms with Crippen LogP contribution in [-0.2, 0) is 4.79 Å². The Kier molecular flexibility index (Phi) is 7.49. The predicted molar refractivity (Wildman–Crippen MR) is 157 cm³/mol. The van der Waals surface area contributed by atoms with Crippen molar-refractivity contribution < 1.29 is 4.79 Å². The number of amides is 1. The quantitative estimate of drug-likeness (QED) is 0.262. The second-order valence-corrected chi connectivity index (χ2v) is 10.4. The standard InChI is InChI=1S/C30H30ClN5OS/c1-19-8-4-5-9-25(19)33-27(37)15-17-35-29(28(34-30(35)38)26-10-6-7-16-32-26)24-18-20(2)36(21(24)3)23-13-11-22(31)12-14-23/h4-14,16,18,28-29H,15,17H2,1-3H3,(H,33,37)(H,34,38)/t28-,29+/m1/s1. The smallest absolute Gasteiger partial charge is 0.226 e. The Morgan fingerprint density at radius 3 is 2.50 bits per heavy atom. The van der Waals surface area contributed by atoms with Gasteiger partial charge in [-0.05, 0) is 92.6 Å². The third-order valence-electron chi connectivity index (χ3n) is 7.07. The van der Waals surface area contributed by atoms with Crippen molar-refractivity contribution >= 4 is 40.5 Å². The van der Waals surface area contributed by atoms with Gasteiger partial charge in [0.05, 0.1) is 17.8 Å². The van der Waals surface area contributed by atoms with Gasteiger partial charge in [-0.3, -0.25) is 9.78 Å². The van der Waals surface area contributed by atoms with Gasteiger partial charge in [0, 0.05) is 46.9 Å². The first kappa shape index (κ1) is 25.9. The van der Waals surface area contributed by atoms with Gasteiger partial charge in [-0.15, -0.1) is 0 Å². The van der Waals surface area contributed by atoms with Crippen LogP contribution in [0.1, 0.15) is 46.7 Å². The fraction of sp³-hybridized carbons (Fsp3) is 0.233. The van der Waals surface area contributed by atoms with Gasteiger partial charge in [0.15, 0.2) is 5.11 Å². The summed E-state index contributed by atoms with van der Waals surface area (Å²) in [6.45, 7) is 6.68. The van der Waals surface area contributed by atoms with E-state index in [-0.39, 0.29) is 18.0 Å². The van der Waals surface area contributed by atoms with Crippen molar-refractivity contribution in [1.29, 1.82) is 0 Å². The number of nitrogens with one attached hydrogen (secondary N) is 2. The SMILES string of the molecule is Cc1ccccc1NC(=O)CCN1C(=S)N[C@H](c2ccccn2)[C@@H]1c1cc(C)n(-c2ccc(Cl)cc2)c1C. The van der Waals surface area contributed by atoms with Gasteiger partial charge in [-0.25, -0.2) is 0 Å². The first-order valence-electron chi connectivity index (χ1n) is 12.6. The zero-order valence-corrected chi connectivity index (χ0v) is 23.2. The molecule has 0 saturated carbocycles. The summed E-state index contributed by atoms with van der Waals surface area (Å²) >= 11 is 12.0. The van der Waals surface area contributed by atoms with Crippen molar-refractivity contribution in [3.05, 3.63) is 112 Å². The Balaban J connectivity index is 1.47. The highest BCUT2D eigenvalue weighted by Gasteiger charge is 2.41. The zero-order chi connectivity index (χ0) is 26.8. The van der Waals surface area contributed by atoms with Crippen LogP contribution in [0.5, 0.6) is 0 Å². The van der Waals surface area contributed by atoms with E-state index in [2.05, 4.69) is 45.0 Å². The maximum absolute atomic E-state index is 12.9. The van der Waals surface area contributed by atoms with Gasteiger partial charge in [-0.1, -0.05) is 35.9 Å². The Bertz CT molecular complexity index is 1470. The van der Waals surface area contributed by atoms with Crippen LogP contribution in [0.3, 0.4) is 0 Å². The van der Waals surface area contributed by atoms with Crippen LogP contribution >= 0.6 is 23.8 Å². The molecule has 8 heteroatoms. The summed E-state index contributed by atoms with van der Waals surface area (Å²) in [5.41, 5.74) is 7.16. The van der Waals surface area contributed by atoms with Crippen molar-refractivity contribution in [2.45, 2.75) is 39.3 Å². The van der Waals surface area contributed by atoms with Crippen LogP contribution in [0.2, 0.25) is 5.02 Å². The molecule has 38 heavy (non-hydrogen) atoms. The molecule has 5 rings (SSSR count). The minimum atomic E-state index is -0.151. The topological polar surface area (TPSA) is 62.2 Å². The van der Waals surface area contributed by atoms with E-state index in [0.29, 0.717) is 23.1 Å². The number of aromatic nitrogens is 2. The molecule has 0 aliphatic carbocycles. The highest BCUT2D eigenvalue weighted by Crippen LogP contribution is 2.41. The number of hydrogen-bond acceptors (Lipinski definition) is 3. The Labute approximate surface area is 233 Å². The third kappa shape index (κ3) is 5.17. The average Bonchev–Trinajstić information content (AvgIpc) is 3.39. The second kappa shape index (κ2) is 11.0. The molecule has 0 radical (unpaired) electrons. The number of carbonyl (C=O) groups excluding carboxylic acids is 1. The number of rotatable bonds is 7. The summed E-state index contributed by atoms with van der Waals surface area (Å²) in [6, 6.07) is 23.5. The molecular formula is C30H30ClN5OS. The van der Waals surface area contributed by atoms with Crippen molar-refractivity contribution in [3.63, 3.8) is 0 Å². The Morgan fingerprint density at radius 1 is 1.05 bits per heavy atom. The van der Waals surface area contributed by atoms with Crippen LogP contribution in [0.15, 0.2) is 79.0 Å². The number of aryl methyl sites for hydroxylation is 2. The van der Waals surface area contributed by atoms with Gasteiger partial charge in [0.2, 0.25) is 5.91 Å². The lowest BCUT2D eigenvalue weighted by molar-refractivity contribution is -0.116. The summed E-state index contributed by atoms with van der Waals surface area (Å²) in [5.74, 6) is -0.0474. The Morgan fingerprint density at radius 2 is 1.79 bits per heavy atom. The van der Waals surface area contributed by atoms with Crippen LogP contribution in [0.4, 0.5) is 5.69 Å². The van der Waals surface area contributed by atoms with Gasteiger partial charge in [0.25, 0.3) is 0 Å². The lowest BCUT2D eigenvalue weighted by atomic mass is 9.96. The molecule has 4 aromatic rings. The summed E-state index contributed by atoms with van der Waals surface area (Å²) in [5, 5.41) is 7.85. The lowest BCUT2D eigenvalue weighted by Crippen LogP contribution is -2.33. The van der Waals surface area contributed by atoms with E-state index in [9.17, 15) is 4.79 Å². The molecule has 1 fully saturated rings. The number of para-hydroxylation sites is 1. The van der Waals surface area contributed by atoms with Crippen LogP contribution in [0, 0.1) is 20.8 Å². The minimum absolute atomic E-state index is 0.0474. The molecule has 6 nitrogen and oxygen atoms in total. The molecule has 2 aromatic heterocycles. The fourth-order valence-corrected chi connectivity index (χ4v) is 5.67. The van der Waals surface area contributed by atoms with Crippen molar-refractivity contribution in [2.24, 2.45) is 0 Å². The number of halogens is 1. The molecule has 2 aromatic carbocycles. The van der Waals surface area contributed by atoms with E-state index in [4.69, 9.17) is 23.8 Å². The maximum Gasteiger partial charge on any atom is 0.226 e. The fourth-order valence-electron chi connectivity index (χ4n) is 5.21. The normalized spacial score (nSPS) is 16.9. The number of pyridine rings is 1. The zero-order valence-electron chi connectivity index (χ0n) is 21.6.